The van der Waals surface area contributed by atoms with E-state index in [9.17, 15) is 33.6 Å². The van der Waals surface area contributed by atoms with Crippen molar-refractivity contribution in [2.45, 2.75) is 266 Å². The molecule has 0 aliphatic rings. The standard InChI is InChI=1S/C14H22N2O.C14H20N2.C14H21NO2.C8H17NO2.C7H15NO2.C6H14N2O2.C6H12O2.C6H12O.C2H7NO.Al.ClH.Li.4H/c1-14(2,3)9-12(13(15)17)16-10-11-7-5-4-6-8-11;1-14(2,3)9-13(10-15)16-11-12-7-5-4-6-8-12;1-14(2,3)9-12(13(16)17)15-10-11-7-5-4-6-8-11;1-8(2,3)6-7(10)9(4)11-5;1-7(2,3)4-5(8)6(9)10;1-6(2,8)3-4(7)5(9)10;1-6(2,3)4-5(7)8;1-6(2,3)4-5-7;1-3-4-2;;;;;;;/h4-8,12,16H,9-10H2,1-3H3,(H2,15,17);4-8,13,16H,9,11H2,1-3H3;4-8,12,15H,9-10H2,1-3H3,(H,16,17);6H2,1-5H3;5H,4,8H2,1-3H3,(H,9,10);4H,3,7-8H2,1-2H3,(H,9,10);4H2,1-3H3,(H,7,8);5H,4H2,1-3H3;3H,1-2H3;;1H;;;;;/q;;;;;;;;;;;+1;;;;-1. The van der Waals surface area contributed by atoms with Gasteiger partial charge in [-0.1, -0.05) is 236 Å². The number of carbonyl (C=O) groups is 7. The zero-order chi connectivity index (χ0) is 79.7. The fourth-order valence-electron chi connectivity index (χ4n) is 7.80. The number of carboxylic acid groups (broad SMARTS) is 4. The Kier molecular flexibility index (Phi) is 67.4. The van der Waals surface area contributed by atoms with E-state index in [2.05, 4.69) is 86.0 Å². The number of benzene rings is 3. The van der Waals surface area contributed by atoms with Gasteiger partial charge in [0.25, 0.3) is 0 Å². The summed E-state index contributed by atoms with van der Waals surface area (Å²) < 4.78 is 0. The molecule has 26 heteroatoms. The van der Waals surface area contributed by atoms with Crippen LogP contribution in [-0.2, 0) is 62.9 Å². The molecule has 0 bridgehead atoms. The predicted molar refractivity (Wildman–Crippen MR) is 424 cm³/mol. The molecule has 3 aromatic carbocycles. The van der Waals surface area contributed by atoms with Crippen LogP contribution < -0.4 is 63.2 Å². The first-order chi connectivity index (χ1) is 45.2. The van der Waals surface area contributed by atoms with Crippen LogP contribution in [0.15, 0.2) is 91.0 Å². The number of hydrogen-bond donors (Lipinski definition) is 12. The molecule has 3 rings (SSSR count). The fraction of sp³-hybridized carbons (Fsp3) is 0.662. The number of carboxylic acids is 4. The summed E-state index contributed by atoms with van der Waals surface area (Å²) in [5, 5.41) is 54.1. The second kappa shape index (κ2) is 59.8. The molecule has 0 spiro atoms. The van der Waals surface area contributed by atoms with Gasteiger partial charge in [0, 0.05) is 52.1 Å². The van der Waals surface area contributed by atoms with E-state index < -0.39 is 47.5 Å². The smallest absolute Gasteiger partial charge is 1.00 e. The Bertz CT molecular complexity index is 2600. The number of primary amides is 1. The van der Waals surface area contributed by atoms with Crippen LogP contribution in [0.3, 0.4) is 0 Å². The monoisotopic (exact) mass is 1490 g/mol. The summed E-state index contributed by atoms with van der Waals surface area (Å²) in [4.78, 5) is 83.0. The molecule has 0 heterocycles. The number of aldehydes is 1. The maximum atomic E-state index is 11.4. The average Bonchev–Trinajstić information content (AvgIpc) is 0.909. The average molecular weight is 1490 g/mol. The van der Waals surface area contributed by atoms with Gasteiger partial charge in [-0.25, -0.2) is 10.5 Å². The maximum Gasteiger partial charge on any atom is 1.00 e. The Labute approximate surface area is 652 Å². The topological polar surface area (TPSA) is 398 Å². The SMILES string of the molecule is CC(C)(C)CC(=O)O.CC(C)(C)CC(C#N)NCc1ccccc1.CC(C)(C)CC(N)C(=O)O.CC(C)(C)CC(NCc1ccccc1)C(=O)O.CC(C)(C)CC(NCc1ccccc1)C(N)=O.CC(C)(C)CC=O.CC(C)(N)CC(N)C(=O)O.CNOC.CON(C)C(=O)CC(C)(C)C.Cl.[AlH3].[H-].[Li+]. The molecule has 0 saturated heterocycles. The molecule has 0 radical (unpaired) electrons. The molecule has 3 aromatic rings. The van der Waals surface area contributed by atoms with Crippen molar-refractivity contribution in [3.63, 3.8) is 0 Å². The number of amides is 2. The first-order valence-electron chi connectivity index (χ1n) is 33.8. The van der Waals surface area contributed by atoms with Crippen LogP contribution in [0.25, 0.3) is 0 Å². The van der Waals surface area contributed by atoms with Crippen molar-refractivity contribution in [1.29, 1.82) is 5.26 Å². The summed E-state index contributed by atoms with van der Waals surface area (Å²) in [6, 6.07) is 29.9. The number of halogens is 1. The van der Waals surface area contributed by atoms with Gasteiger partial charge < -0.3 is 65.1 Å². The number of nitrogens with one attached hydrogen (secondary N) is 4. The Hall–Kier alpha value is -5.30. The first-order valence-corrected chi connectivity index (χ1v) is 33.8. The molecule has 0 saturated carbocycles. The number of hydroxylamine groups is 3. The third-order valence-electron chi connectivity index (χ3n) is 12.5. The number of aliphatic carboxylic acids is 4. The minimum Gasteiger partial charge on any atom is -1.00 e. The van der Waals surface area contributed by atoms with Crippen LogP contribution in [0.2, 0.25) is 0 Å². The van der Waals surface area contributed by atoms with E-state index in [1.54, 1.807) is 35.1 Å². The second-order valence-electron chi connectivity index (χ2n) is 33.6. The number of rotatable bonds is 24. The van der Waals surface area contributed by atoms with E-state index in [4.69, 9.17) is 53.5 Å². The second-order valence-corrected chi connectivity index (χ2v) is 33.6. The molecular formula is C77H145AlClLiN10O13. The van der Waals surface area contributed by atoms with E-state index in [1.165, 1.54) is 17.7 Å². The van der Waals surface area contributed by atoms with Crippen LogP contribution >= 0.6 is 12.4 Å². The van der Waals surface area contributed by atoms with Gasteiger partial charge in [-0.05, 0) is 101 Å². The quantitative estimate of drug-likeness (QED) is 0.0226. The van der Waals surface area contributed by atoms with Crippen LogP contribution in [0, 0.1) is 49.2 Å². The number of nitrogens with two attached hydrogens (primary N) is 4. The number of carbonyl (C=O) groups excluding carboxylic acids is 3. The van der Waals surface area contributed by atoms with Gasteiger partial charge >= 0.3 is 42.7 Å². The van der Waals surface area contributed by atoms with Crippen molar-refractivity contribution in [1.82, 2.24) is 26.5 Å². The Balaban J connectivity index is -0.000000122. The van der Waals surface area contributed by atoms with Crippen molar-refractivity contribution in [2.24, 2.45) is 60.8 Å². The van der Waals surface area contributed by atoms with Gasteiger partial charge in [-0.15, -0.1) is 12.4 Å². The van der Waals surface area contributed by atoms with Gasteiger partial charge in [-0.2, -0.15) is 5.26 Å². The van der Waals surface area contributed by atoms with Crippen molar-refractivity contribution < 1.29 is 84.0 Å². The molecule has 5 atom stereocenters. The predicted octanol–water partition coefficient (Wildman–Crippen LogP) is 8.89. The minimum atomic E-state index is -1.00. The third-order valence-corrected chi connectivity index (χ3v) is 12.5. The molecular weight excluding hydrogens is 1340 g/mol. The summed E-state index contributed by atoms with van der Waals surface area (Å²) in [6.07, 6.45) is 5.42. The number of hydrogen-bond acceptors (Lipinski definition) is 17. The van der Waals surface area contributed by atoms with Crippen molar-refractivity contribution in [2.75, 3.05) is 28.3 Å². The van der Waals surface area contributed by atoms with Crippen LogP contribution in [-0.4, -0.2) is 149 Å². The molecule has 23 nitrogen and oxygen atoms in total. The van der Waals surface area contributed by atoms with Gasteiger partial charge in [0.2, 0.25) is 11.8 Å². The van der Waals surface area contributed by atoms with E-state index in [0.717, 1.165) is 36.8 Å². The van der Waals surface area contributed by atoms with E-state index in [-0.39, 0.29) is 118 Å². The van der Waals surface area contributed by atoms with E-state index in [1.807, 2.05) is 183 Å². The van der Waals surface area contributed by atoms with E-state index >= 15 is 0 Å². The van der Waals surface area contributed by atoms with Crippen LogP contribution in [0.4, 0.5) is 0 Å². The largest absolute Gasteiger partial charge is 1.00 e. The molecule has 0 aromatic heterocycles. The Morgan fingerprint density at radius 3 is 1.03 bits per heavy atom. The van der Waals surface area contributed by atoms with Gasteiger partial charge in [0.15, 0.2) is 17.4 Å². The van der Waals surface area contributed by atoms with Gasteiger partial charge in [0.1, 0.15) is 24.4 Å². The molecule has 0 aliphatic heterocycles. The third kappa shape index (κ3) is 90.9. The normalized spacial score (nSPS) is 12.5. The minimum absolute atomic E-state index is 0. The number of nitriles is 1. The Morgan fingerprint density at radius 1 is 0.524 bits per heavy atom. The van der Waals surface area contributed by atoms with Gasteiger partial charge in [0.05, 0.1) is 38.8 Å². The Morgan fingerprint density at radius 2 is 0.835 bits per heavy atom. The zero-order valence-electron chi connectivity index (χ0n) is 69.0. The van der Waals surface area contributed by atoms with Crippen molar-refractivity contribution in [3.05, 3.63) is 108 Å². The van der Waals surface area contributed by atoms with Crippen molar-refractivity contribution in [3.8, 4) is 6.07 Å². The number of nitrogens with zero attached hydrogens (tertiary/aromatic N) is 2. The summed E-state index contributed by atoms with van der Waals surface area (Å²) in [7, 11) is 6.38. The van der Waals surface area contributed by atoms with Gasteiger partial charge in [-0.3, -0.25) is 38.9 Å². The maximum absolute atomic E-state index is 11.4. The molecule has 0 fully saturated rings. The molecule has 2 amide bonds. The fourth-order valence-corrected chi connectivity index (χ4v) is 7.80. The first kappa shape index (κ1) is 116. The zero-order valence-corrected chi connectivity index (χ0v) is 68.8. The summed E-state index contributed by atoms with van der Waals surface area (Å²) >= 11 is 0. The molecule has 103 heavy (non-hydrogen) atoms. The molecule has 16 N–H and O–H groups in total. The van der Waals surface area contributed by atoms with Crippen LogP contribution in [0.1, 0.15) is 229 Å². The van der Waals surface area contributed by atoms with E-state index in [0.29, 0.717) is 45.2 Å². The van der Waals surface area contributed by atoms with Crippen LogP contribution in [0.5, 0.6) is 0 Å². The summed E-state index contributed by atoms with van der Waals surface area (Å²) in [5.74, 6) is -3.70. The molecule has 592 valence electrons. The summed E-state index contributed by atoms with van der Waals surface area (Å²) in [6.45, 7) is 48.2. The molecule has 5 unspecified atom stereocenters. The summed E-state index contributed by atoms with van der Waals surface area (Å²) in [5.41, 5.74) is 27.3. The van der Waals surface area contributed by atoms with Crippen molar-refractivity contribution >= 4 is 71.7 Å². The molecule has 0 aliphatic carbocycles.